The summed E-state index contributed by atoms with van der Waals surface area (Å²) >= 11 is 0. The van der Waals surface area contributed by atoms with Gasteiger partial charge in [0, 0.05) is 18.1 Å². The molecule has 1 aromatic heterocycles. The highest BCUT2D eigenvalue weighted by Gasteiger charge is 2.26. The molecule has 32 heavy (non-hydrogen) atoms. The molecule has 0 atom stereocenters. The monoisotopic (exact) mass is 464 g/mol. The standard InChI is InChI=1S/C21H25FN4O5S/c22-16-7-6-15-17(8-9-23-19(15)20(16)31-13-14-4-5-14)25-32(29,30)11-3-1-2-10-26-12-18(27)24-21(26)28/h6-9,14H,1-5,10-13H2,(H,23,25)(H,24,27,28). The highest BCUT2D eigenvalue weighted by Crippen LogP contribution is 2.35. The SMILES string of the molecule is O=C1CN(CCCCCS(=O)(=O)Nc2ccnc3c(OCC4CC4)c(F)ccc23)C(=O)N1. The van der Waals surface area contributed by atoms with E-state index in [0.29, 0.717) is 49.4 Å². The normalized spacial score (nSPS) is 16.5. The fourth-order valence-corrected chi connectivity index (χ4v) is 4.73. The van der Waals surface area contributed by atoms with Crippen molar-refractivity contribution in [3.8, 4) is 5.75 Å². The molecule has 1 aliphatic carbocycles. The maximum Gasteiger partial charge on any atom is 0.324 e. The Hall–Kier alpha value is -2.95. The molecule has 0 unspecified atom stereocenters. The zero-order valence-corrected chi connectivity index (χ0v) is 18.3. The number of carbonyl (C=O) groups is 2. The van der Waals surface area contributed by atoms with Gasteiger partial charge in [0.05, 0.1) is 18.0 Å². The number of nitrogens with one attached hydrogen (secondary N) is 2. The number of hydrogen-bond donors (Lipinski definition) is 2. The average Bonchev–Trinajstić information content (AvgIpc) is 3.50. The number of benzene rings is 1. The molecule has 1 aromatic carbocycles. The van der Waals surface area contributed by atoms with E-state index in [1.807, 2.05) is 0 Å². The van der Waals surface area contributed by atoms with Gasteiger partial charge in [0.2, 0.25) is 15.9 Å². The summed E-state index contributed by atoms with van der Waals surface area (Å²) in [5.74, 6) is -0.480. The second-order valence-corrected chi connectivity index (χ2v) is 9.98. The van der Waals surface area contributed by atoms with Gasteiger partial charge < -0.3 is 9.64 Å². The van der Waals surface area contributed by atoms with Gasteiger partial charge in [-0.25, -0.2) is 17.6 Å². The number of unbranched alkanes of at least 4 members (excludes halogenated alkanes) is 2. The van der Waals surface area contributed by atoms with Crippen molar-refractivity contribution in [3.63, 3.8) is 0 Å². The van der Waals surface area contributed by atoms with E-state index in [2.05, 4.69) is 15.0 Å². The fourth-order valence-electron chi connectivity index (χ4n) is 3.53. The number of imide groups is 1. The van der Waals surface area contributed by atoms with E-state index in [-0.39, 0.29) is 29.5 Å². The summed E-state index contributed by atoms with van der Waals surface area (Å²) in [4.78, 5) is 28.3. The number of ether oxygens (including phenoxy) is 1. The molecule has 2 fully saturated rings. The van der Waals surface area contributed by atoms with Crippen molar-refractivity contribution >= 4 is 38.6 Å². The van der Waals surface area contributed by atoms with Crippen LogP contribution in [0.4, 0.5) is 14.9 Å². The molecular weight excluding hydrogens is 439 g/mol. The third-order valence-electron chi connectivity index (χ3n) is 5.45. The summed E-state index contributed by atoms with van der Waals surface area (Å²) in [5, 5.41) is 2.67. The van der Waals surface area contributed by atoms with Crippen LogP contribution >= 0.6 is 0 Å². The quantitative estimate of drug-likeness (QED) is 0.390. The minimum atomic E-state index is -3.64. The minimum Gasteiger partial charge on any atom is -0.488 e. The van der Waals surface area contributed by atoms with Gasteiger partial charge in [-0.2, -0.15) is 0 Å². The first-order chi connectivity index (χ1) is 15.3. The third kappa shape index (κ3) is 5.45. The van der Waals surface area contributed by atoms with E-state index < -0.39 is 21.9 Å². The van der Waals surface area contributed by atoms with Crippen LogP contribution in [0.3, 0.4) is 0 Å². The molecule has 0 radical (unpaired) electrons. The van der Waals surface area contributed by atoms with Crippen molar-refractivity contribution in [2.75, 3.05) is 30.2 Å². The number of aromatic nitrogens is 1. The lowest BCUT2D eigenvalue weighted by Crippen LogP contribution is -2.29. The van der Waals surface area contributed by atoms with Crippen molar-refractivity contribution in [2.24, 2.45) is 5.92 Å². The Morgan fingerprint density at radius 2 is 2.00 bits per heavy atom. The molecule has 0 spiro atoms. The van der Waals surface area contributed by atoms with Crippen molar-refractivity contribution in [1.82, 2.24) is 15.2 Å². The molecule has 1 aliphatic heterocycles. The van der Waals surface area contributed by atoms with Crippen molar-refractivity contribution in [3.05, 3.63) is 30.2 Å². The molecule has 2 aliphatic rings. The minimum absolute atomic E-state index is 0.0416. The Kier molecular flexibility index (Phi) is 6.45. The molecule has 2 N–H and O–H groups in total. The number of pyridine rings is 1. The Labute approximate surface area is 185 Å². The largest absolute Gasteiger partial charge is 0.488 e. The number of hydrogen-bond acceptors (Lipinski definition) is 6. The molecule has 4 rings (SSSR count). The molecule has 9 nitrogen and oxygen atoms in total. The summed E-state index contributed by atoms with van der Waals surface area (Å²) < 4.78 is 47.7. The predicted octanol–water partition coefficient (Wildman–Crippen LogP) is 2.63. The molecule has 2 aromatic rings. The molecule has 11 heteroatoms. The fraction of sp³-hybridized carbons (Fsp3) is 0.476. The Bertz CT molecular complexity index is 1140. The number of anilines is 1. The first-order valence-corrected chi connectivity index (χ1v) is 12.3. The van der Waals surface area contributed by atoms with E-state index >= 15 is 0 Å². The maximum absolute atomic E-state index is 14.3. The van der Waals surface area contributed by atoms with Crippen LogP contribution in [0.5, 0.6) is 5.75 Å². The van der Waals surface area contributed by atoms with Crippen LogP contribution in [0, 0.1) is 11.7 Å². The topological polar surface area (TPSA) is 118 Å². The van der Waals surface area contributed by atoms with Crippen molar-refractivity contribution < 1.29 is 27.1 Å². The summed E-state index contributed by atoms with van der Waals surface area (Å²) in [6.45, 7) is 0.858. The lowest BCUT2D eigenvalue weighted by atomic mass is 10.1. The summed E-state index contributed by atoms with van der Waals surface area (Å²) in [6, 6.07) is 3.86. The van der Waals surface area contributed by atoms with E-state index in [4.69, 9.17) is 4.74 Å². The second kappa shape index (κ2) is 9.27. The molecule has 3 amide bonds. The summed E-state index contributed by atoms with van der Waals surface area (Å²) in [7, 11) is -3.64. The zero-order valence-electron chi connectivity index (χ0n) is 17.5. The maximum atomic E-state index is 14.3. The van der Waals surface area contributed by atoms with Crippen LogP contribution in [-0.2, 0) is 14.8 Å². The summed E-state index contributed by atoms with van der Waals surface area (Å²) in [5.41, 5.74) is 0.600. The Morgan fingerprint density at radius 3 is 2.72 bits per heavy atom. The van der Waals surface area contributed by atoms with Crippen LogP contribution in [-0.4, -0.2) is 55.7 Å². The number of urea groups is 1. The predicted molar refractivity (Wildman–Crippen MR) is 116 cm³/mol. The number of sulfonamides is 1. The lowest BCUT2D eigenvalue weighted by Gasteiger charge is -2.14. The molecular formula is C21H25FN4O5S. The van der Waals surface area contributed by atoms with Crippen LogP contribution < -0.4 is 14.8 Å². The molecule has 1 saturated heterocycles. The zero-order chi connectivity index (χ0) is 22.7. The van der Waals surface area contributed by atoms with Crippen LogP contribution in [0.25, 0.3) is 10.9 Å². The van der Waals surface area contributed by atoms with E-state index in [1.165, 1.54) is 29.3 Å². The number of amides is 3. The average molecular weight is 465 g/mol. The first-order valence-electron chi connectivity index (χ1n) is 10.6. The van der Waals surface area contributed by atoms with Crippen molar-refractivity contribution in [2.45, 2.75) is 32.1 Å². The van der Waals surface area contributed by atoms with Gasteiger partial charge in [-0.1, -0.05) is 6.42 Å². The van der Waals surface area contributed by atoms with Crippen LogP contribution in [0.2, 0.25) is 0 Å². The highest BCUT2D eigenvalue weighted by atomic mass is 32.2. The molecule has 172 valence electrons. The summed E-state index contributed by atoms with van der Waals surface area (Å²) in [6.07, 6.45) is 5.12. The van der Waals surface area contributed by atoms with E-state index in [9.17, 15) is 22.4 Å². The third-order valence-corrected chi connectivity index (χ3v) is 6.81. The smallest absolute Gasteiger partial charge is 0.324 e. The molecule has 0 bridgehead atoms. The van der Waals surface area contributed by atoms with E-state index in [1.54, 1.807) is 0 Å². The van der Waals surface area contributed by atoms with Crippen LogP contribution in [0.1, 0.15) is 32.1 Å². The first kappa shape index (κ1) is 22.3. The Balaban J connectivity index is 1.35. The van der Waals surface area contributed by atoms with Crippen LogP contribution in [0.15, 0.2) is 24.4 Å². The lowest BCUT2D eigenvalue weighted by molar-refractivity contribution is -0.118. The van der Waals surface area contributed by atoms with Gasteiger partial charge in [-0.3, -0.25) is 19.8 Å². The highest BCUT2D eigenvalue weighted by molar-refractivity contribution is 7.92. The van der Waals surface area contributed by atoms with Gasteiger partial charge in [0.1, 0.15) is 12.1 Å². The van der Waals surface area contributed by atoms with Gasteiger partial charge in [0.25, 0.3) is 0 Å². The van der Waals surface area contributed by atoms with E-state index in [0.717, 1.165) is 12.8 Å². The number of rotatable bonds is 11. The van der Waals surface area contributed by atoms with Gasteiger partial charge >= 0.3 is 6.03 Å². The van der Waals surface area contributed by atoms with Gasteiger partial charge in [-0.15, -0.1) is 0 Å². The van der Waals surface area contributed by atoms with Crippen molar-refractivity contribution in [1.29, 1.82) is 0 Å². The number of fused-ring (bicyclic) bond motifs is 1. The second-order valence-electron chi connectivity index (χ2n) is 8.14. The van der Waals surface area contributed by atoms with Gasteiger partial charge in [0.15, 0.2) is 11.6 Å². The molecule has 1 saturated carbocycles. The molecule has 2 heterocycles. The van der Waals surface area contributed by atoms with Gasteiger partial charge in [-0.05, 0) is 49.8 Å². The number of nitrogens with zero attached hydrogens (tertiary/aromatic N) is 2. The number of carbonyl (C=O) groups excluding carboxylic acids is 2. The Morgan fingerprint density at radius 1 is 1.19 bits per heavy atom. The number of halogens is 1.